The van der Waals surface area contributed by atoms with E-state index in [2.05, 4.69) is 6.58 Å². The number of aliphatic carboxylic acids is 1. The van der Waals surface area contributed by atoms with Crippen LogP contribution in [0.4, 0.5) is 0 Å². The van der Waals surface area contributed by atoms with Gasteiger partial charge in [-0.05, 0) is 24.6 Å². The van der Waals surface area contributed by atoms with Crippen LogP contribution in [0, 0.1) is 0 Å². The van der Waals surface area contributed by atoms with Crippen LogP contribution in [0.1, 0.15) is 6.92 Å². The topological polar surface area (TPSA) is 63.3 Å². The highest BCUT2D eigenvalue weighted by atomic mass is 16.4. The molecular formula is C10H13NO2. The number of rotatable bonds is 4. The van der Waals surface area contributed by atoms with Crippen molar-refractivity contribution in [3.63, 3.8) is 0 Å². The van der Waals surface area contributed by atoms with Gasteiger partial charge in [-0.2, -0.15) is 0 Å². The summed E-state index contributed by atoms with van der Waals surface area (Å²) < 4.78 is 0. The first-order chi connectivity index (χ1) is 6.06. The molecule has 0 aromatic carbocycles. The molecule has 0 bridgehead atoms. The van der Waals surface area contributed by atoms with Gasteiger partial charge in [-0.25, -0.2) is 4.79 Å². The van der Waals surface area contributed by atoms with Gasteiger partial charge in [0.15, 0.2) is 0 Å². The first-order valence-corrected chi connectivity index (χ1v) is 3.73. The predicted octanol–water partition coefficient (Wildman–Crippen LogP) is 1.60. The van der Waals surface area contributed by atoms with Crippen LogP contribution >= 0.6 is 0 Å². The van der Waals surface area contributed by atoms with E-state index in [1.54, 1.807) is 25.2 Å². The fraction of sp³-hybridized carbons (Fsp3) is 0.100. The lowest BCUT2D eigenvalue weighted by atomic mass is 10.2. The zero-order chi connectivity index (χ0) is 10.3. The van der Waals surface area contributed by atoms with E-state index in [9.17, 15) is 4.79 Å². The smallest absolute Gasteiger partial charge is 0.328 e. The molecule has 0 spiro atoms. The van der Waals surface area contributed by atoms with Crippen molar-refractivity contribution in [1.82, 2.24) is 0 Å². The molecule has 0 atom stereocenters. The minimum atomic E-state index is -0.985. The van der Waals surface area contributed by atoms with Crippen molar-refractivity contribution in [3.05, 3.63) is 48.2 Å². The van der Waals surface area contributed by atoms with E-state index in [4.69, 9.17) is 10.8 Å². The summed E-state index contributed by atoms with van der Waals surface area (Å²) in [6.07, 6.45) is 7.44. The van der Waals surface area contributed by atoms with Crippen LogP contribution in [-0.4, -0.2) is 11.1 Å². The van der Waals surface area contributed by atoms with Gasteiger partial charge in [0.05, 0.1) is 0 Å². The average Bonchev–Trinajstić information content (AvgIpc) is 2.04. The van der Waals surface area contributed by atoms with Crippen LogP contribution in [0.2, 0.25) is 0 Å². The Kier molecular flexibility index (Phi) is 5.03. The molecule has 0 heterocycles. The molecule has 0 fully saturated rings. The maximum atomic E-state index is 10.2. The Morgan fingerprint density at radius 1 is 1.38 bits per heavy atom. The van der Waals surface area contributed by atoms with Crippen molar-refractivity contribution in [3.8, 4) is 0 Å². The van der Waals surface area contributed by atoms with Gasteiger partial charge < -0.3 is 10.8 Å². The van der Waals surface area contributed by atoms with Crippen molar-refractivity contribution in [2.45, 2.75) is 6.92 Å². The molecule has 13 heavy (non-hydrogen) atoms. The molecule has 3 heteroatoms. The largest absolute Gasteiger partial charge is 0.478 e. The first kappa shape index (κ1) is 11.2. The zero-order valence-electron chi connectivity index (χ0n) is 7.53. The Labute approximate surface area is 77.6 Å². The van der Waals surface area contributed by atoms with Gasteiger partial charge in [-0.3, -0.25) is 0 Å². The van der Waals surface area contributed by atoms with Gasteiger partial charge in [-0.1, -0.05) is 18.7 Å². The van der Waals surface area contributed by atoms with Gasteiger partial charge in [-0.15, -0.1) is 0 Å². The van der Waals surface area contributed by atoms with Crippen molar-refractivity contribution >= 4 is 5.97 Å². The van der Waals surface area contributed by atoms with Crippen molar-refractivity contribution < 1.29 is 9.90 Å². The molecule has 70 valence electrons. The molecule has 0 saturated heterocycles. The normalized spacial score (nSPS) is 13.3. The number of hydrogen-bond acceptors (Lipinski definition) is 2. The highest BCUT2D eigenvalue weighted by molar-refractivity contribution is 5.80. The Hall–Kier alpha value is -1.77. The van der Waals surface area contributed by atoms with Gasteiger partial charge in [0.25, 0.3) is 0 Å². The second-order valence-corrected chi connectivity index (χ2v) is 2.45. The standard InChI is InChI=1S/C10H13NO2/c1-3-9(5-4-8(2)11)6-7-10(12)13/h3-7H,1,11H2,2H3,(H,12,13)/b7-6+,8-4+,9-5+. The van der Waals surface area contributed by atoms with Crippen LogP contribution in [0.3, 0.4) is 0 Å². The molecule has 0 rings (SSSR count). The molecule has 0 radical (unpaired) electrons. The first-order valence-electron chi connectivity index (χ1n) is 3.73. The van der Waals surface area contributed by atoms with E-state index in [1.807, 2.05) is 0 Å². The minimum absolute atomic E-state index is 0.656. The molecule has 0 aliphatic heterocycles. The minimum Gasteiger partial charge on any atom is -0.478 e. The van der Waals surface area contributed by atoms with Crippen molar-refractivity contribution in [2.75, 3.05) is 0 Å². The van der Waals surface area contributed by atoms with Crippen LogP contribution in [0.15, 0.2) is 48.2 Å². The number of allylic oxidation sites excluding steroid dienone is 6. The van der Waals surface area contributed by atoms with Crippen molar-refractivity contribution in [2.24, 2.45) is 5.73 Å². The van der Waals surface area contributed by atoms with Crippen LogP contribution in [0.25, 0.3) is 0 Å². The summed E-state index contributed by atoms with van der Waals surface area (Å²) in [6.45, 7) is 5.28. The molecule has 0 saturated carbocycles. The summed E-state index contributed by atoms with van der Waals surface area (Å²) in [6, 6.07) is 0. The third-order valence-corrected chi connectivity index (χ3v) is 1.19. The predicted molar refractivity (Wildman–Crippen MR) is 53.0 cm³/mol. The zero-order valence-corrected chi connectivity index (χ0v) is 7.53. The summed E-state index contributed by atoms with van der Waals surface area (Å²) in [5.74, 6) is -0.985. The third-order valence-electron chi connectivity index (χ3n) is 1.19. The number of carboxylic acid groups (broad SMARTS) is 1. The fourth-order valence-corrected chi connectivity index (χ4v) is 0.587. The SMILES string of the molecule is C=CC(/C=C/C(=O)O)=C\C=C(/C)N. The maximum Gasteiger partial charge on any atom is 0.328 e. The van der Waals surface area contributed by atoms with Crippen LogP contribution in [-0.2, 0) is 4.79 Å². The molecule has 0 amide bonds. The lowest BCUT2D eigenvalue weighted by molar-refractivity contribution is -0.131. The number of hydrogen-bond donors (Lipinski definition) is 2. The van der Waals surface area contributed by atoms with Crippen LogP contribution in [0.5, 0.6) is 0 Å². The van der Waals surface area contributed by atoms with Gasteiger partial charge in [0.1, 0.15) is 0 Å². The van der Waals surface area contributed by atoms with Crippen LogP contribution < -0.4 is 5.73 Å². The molecule has 0 aliphatic rings. The molecule has 3 N–H and O–H groups in total. The highest BCUT2D eigenvalue weighted by Crippen LogP contribution is 1.99. The van der Waals surface area contributed by atoms with E-state index in [-0.39, 0.29) is 0 Å². The molecule has 0 aliphatic carbocycles. The maximum absolute atomic E-state index is 10.2. The summed E-state index contributed by atoms with van der Waals surface area (Å²) in [4.78, 5) is 10.2. The van der Waals surface area contributed by atoms with E-state index in [1.165, 1.54) is 6.08 Å². The number of carbonyl (C=O) groups is 1. The van der Waals surface area contributed by atoms with Crippen molar-refractivity contribution in [1.29, 1.82) is 0 Å². The third kappa shape index (κ3) is 6.62. The van der Waals surface area contributed by atoms with E-state index in [0.29, 0.717) is 11.3 Å². The summed E-state index contributed by atoms with van der Waals surface area (Å²) in [7, 11) is 0. The Bertz CT molecular complexity index is 281. The van der Waals surface area contributed by atoms with Gasteiger partial charge in [0, 0.05) is 11.8 Å². The second-order valence-electron chi connectivity index (χ2n) is 2.45. The fourth-order valence-electron chi connectivity index (χ4n) is 0.587. The summed E-state index contributed by atoms with van der Waals surface area (Å²) in [5.41, 5.74) is 6.75. The van der Waals surface area contributed by atoms with Gasteiger partial charge in [0.2, 0.25) is 0 Å². The van der Waals surface area contributed by atoms with E-state index < -0.39 is 5.97 Å². The van der Waals surface area contributed by atoms with E-state index in [0.717, 1.165) is 6.08 Å². The Morgan fingerprint density at radius 2 is 2.00 bits per heavy atom. The Balaban J connectivity index is 4.52. The number of nitrogens with two attached hydrogens (primary N) is 1. The summed E-state index contributed by atoms with van der Waals surface area (Å²) in [5, 5.41) is 8.35. The monoisotopic (exact) mass is 179 g/mol. The Morgan fingerprint density at radius 3 is 2.38 bits per heavy atom. The molecule has 0 aromatic heterocycles. The van der Waals surface area contributed by atoms with Gasteiger partial charge >= 0.3 is 5.97 Å². The van der Waals surface area contributed by atoms with E-state index >= 15 is 0 Å². The summed E-state index contributed by atoms with van der Waals surface area (Å²) >= 11 is 0. The average molecular weight is 179 g/mol. The number of carboxylic acids is 1. The molecule has 0 aromatic rings. The second kappa shape index (κ2) is 5.83. The quantitative estimate of drug-likeness (QED) is 0.509. The molecular weight excluding hydrogens is 166 g/mol. The lowest BCUT2D eigenvalue weighted by Crippen LogP contribution is -1.89. The lowest BCUT2D eigenvalue weighted by Gasteiger charge is -1.90. The highest BCUT2D eigenvalue weighted by Gasteiger charge is 1.87. The molecule has 3 nitrogen and oxygen atoms in total. The molecule has 0 unspecified atom stereocenters.